The van der Waals surface area contributed by atoms with Gasteiger partial charge in [-0.15, -0.1) is 11.6 Å². The second-order valence-electron chi connectivity index (χ2n) is 4.46. The van der Waals surface area contributed by atoms with Gasteiger partial charge in [-0.1, -0.05) is 12.1 Å². The monoisotopic (exact) mass is 287 g/mol. The van der Waals surface area contributed by atoms with Crippen LogP contribution in [0.4, 0.5) is 0 Å². The summed E-state index contributed by atoms with van der Waals surface area (Å²) in [5.41, 5.74) is 4.00. The number of rotatable bonds is 4. The van der Waals surface area contributed by atoms with Crippen LogP contribution in [0.2, 0.25) is 0 Å². The van der Waals surface area contributed by atoms with Gasteiger partial charge >= 0.3 is 0 Å². The number of methoxy groups -OCH3 is 1. The molecule has 0 unspecified atom stereocenters. The molecule has 5 heteroatoms. The minimum atomic E-state index is 0.350. The Morgan fingerprint density at radius 3 is 3.00 bits per heavy atom. The van der Waals surface area contributed by atoms with Gasteiger partial charge in [-0.2, -0.15) is 0 Å². The van der Waals surface area contributed by atoms with Gasteiger partial charge < -0.3 is 4.74 Å². The number of benzene rings is 1. The molecule has 0 fully saturated rings. The molecule has 4 nitrogen and oxygen atoms in total. The van der Waals surface area contributed by atoms with Crippen molar-refractivity contribution in [3.63, 3.8) is 0 Å². The van der Waals surface area contributed by atoms with Gasteiger partial charge in [0.25, 0.3) is 0 Å². The number of nitrogens with zero attached hydrogens (tertiary/aromatic N) is 3. The third kappa shape index (κ3) is 2.28. The Balaban J connectivity index is 2.20. The zero-order chi connectivity index (χ0) is 13.9. The van der Waals surface area contributed by atoms with Crippen molar-refractivity contribution in [1.29, 1.82) is 0 Å². The number of imidazole rings is 1. The number of alkyl halides is 1. The molecule has 0 bridgehead atoms. The standard InChI is InChI=1S/C15H14ClN3O/c1-20-10-11-3-2-4-12(7-11)19-14-5-6-17-9-13(14)18-15(19)8-16/h2-7,9H,8,10H2,1H3. The average molecular weight is 288 g/mol. The van der Waals surface area contributed by atoms with E-state index in [1.54, 1.807) is 19.5 Å². The van der Waals surface area contributed by atoms with E-state index < -0.39 is 0 Å². The maximum absolute atomic E-state index is 6.03. The highest BCUT2D eigenvalue weighted by Gasteiger charge is 2.11. The van der Waals surface area contributed by atoms with Gasteiger partial charge in [0, 0.05) is 19.0 Å². The first-order chi connectivity index (χ1) is 9.83. The second-order valence-corrected chi connectivity index (χ2v) is 4.73. The third-order valence-corrected chi connectivity index (χ3v) is 3.36. The van der Waals surface area contributed by atoms with Crippen molar-refractivity contribution in [1.82, 2.24) is 14.5 Å². The number of ether oxygens (including phenoxy) is 1. The lowest BCUT2D eigenvalue weighted by molar-refractivity contribution is 0.185. The van der Waals surface area contributed by atoms with Gasteiger partial charge in [-0.25, -0.2) is 4.98 Å². The maximum Gasteiger partial charge on any atom is 0.129 e. The molecular formula is C15H14ClN3O. The fourth-order valence-electron chi connectivity index (χ4n) is 2.31. The van der Waals surface area contributed by atoms with Gasteiger partial charge in [0.15, 0.2) is 0 Å². The highest BCUT2D eigenvalue weighted by molar-refractivity contribution is 6.17. The number of hydrogen-bond acceptors (Lipinski definition) is 3. The molecule has 0 atom stereocenters. The van der Waals surface area contributed by atoms with E-state index in [2.05, 4.69) is 20.6 Å². The summed E-state index contributed by atoms with van der Waals surface area (Å²) in [6.45, 7) is 0.582. The Morgan fingerprint density at radius 2 is 2.20 bits per heavy atom. The lowest BCUT2D eigenvalue weighted by Gasteiger charge is -2.09. The van der Waals surface area contributed by atoms with Gasteiger partial charge in [-0.3, -0.25) is 9.55 Å². The molecule has 102 valence electrons. The highest BCUT2D eigenvalue weighted by Crippen LogP contribution is 2.22. The quantitative estimate of drug-likeness (QED) is 0.691. The van der Waals surface area contributed by atoms with Crippen molar-refractivity contribution in [3.8, 4) is 5.69 Å². The topological polar surface area (TPSA) is 39.9 Å². The zero-order valence-corrected chi connectivity index (χ0v) is 11.8. The largest absolute Gasteiger partial charge is 0.380 e. The Kier molecular flexibility index (Phi) is 3.67. The number of halogens is 1. The molecule has 0 amide bonds. The molecule has 0 radical (unpaired) electrons. The minimum absolute atomic E-state index is 0.350. The van der Waals surface area contributed by atoms with E-state index in [-0.39, 0.29) is 0 Å². The molecule has 0 N–H and O–H groups in total. The first-order valence-electron chi connectivity index (χ1n) is 6.29. The number of aromatic nitrogens is 3. The fraction of sp³-hybridized carbons (Fsp3) is 0.200. The van der Waals surface area contributed by atoms with Crippen molar-refractivity contribution in [3.05, 3.63) is 54.1 Å². The first kappa shape index (κ1) is 13.1. The molecule has 2 heterocycles. The summed E-state index contributed by atoms with van der Waals surface area (Å²) in [6.07, 6.45) is 3.51. The van der Waals surface area contributed by atoms with Crippen LogP contribution in [0.5, 0.6) is 0 Å². The Labute approximate surface area is 122 Å². The summed E-state index contributed by atoms with van der Waals surface area (Å²) in [4.78, 5) is 8.62. The highest BCUT2D eigenvalue weighted by atomic mass is 35.5. The van der Waals surface area contributed by atoms with Crippen LogP contribution < -0.4 is 0 Å². The van der Waals surface area contributed by atoms with Crippen LogP contribution in [0.3, 0.4) is 0 Å². The summed E-state index contributed by atoms with van der Waals surface area (Å²) >= 11 is 6.03. The van der Waals surface area contributed by atoms with E-state index in [0.717, 1.165) is 28.1 Å². The minimum Gasteiger partial charge on any atom is -0.380 e. The van der Waals surface area contributed by atoms with Gasteiger partial charge in [0.05, 0.1) is 24.2 Å². The molecule has 2 aromatic heterocycles. The number of pyridine rings is 1. The van der Waals surface area contributed by atoms with Crippen molar-refractivity contribution >= 4 is 22.6 Å². The molecule has 0 aliphatic heterocycles. The molecular weight excluding hydrogens is 274 g/mol. The van der Waals surface area contributed by atoms with Crippen molar-refractivity contribution in [2.24, 2.45) is 0 Å². The molecule has 0 aliphatic carbocycles. The molecule has 0 spiro atoms. The van der Waals surface area contributed by atoms with Gasteiger partial charge in [0.1, 0.15) is 11.3 Å². The van der Waals surface area contributed by atoms with Crippen LogP contribution in [0.25, 0.3) is 16.7 Å². The molecule has 0 aliphatic rings. The van der Waals surface area contributed by atoms with Gasteiger partial charge in [0.2, 0.25) is 0 Å². The van der Waals surface area contributed by atoms with Crippen molar-refractivity contribution in [2.45, 2.75) is 12.5 Å². The van der Waals surface area contributed by atoms with E-state index >= 15 is 0 Å². The van der Waals surface area contributed by atoms with Crippen LogP contribution in [-0.2, 0) is 17.2 Å². The Morgan fingerprint density at radius 1 is 1.30 bits per heavy atom. The molecule has 0 saturated heterocycles. The zero-order valence-electron chi connectivity index (χ0n) is 11.1. The van der Waals surface area contributed by atoms with Crippen LogP contribution in [0.15, 0.2) is 42.7 Å². The average Bonchev–Trinajstić information content (AvgIpc) is 2.86. The normalized spacial score (nSPS) is 11.1. The smallest absolute Gasteiger partial charge is 0.129 e. The van der Waals surface area contributed by atoms with Crippen LogP contribution in [-0.4, -0.2) is 21.6 Å². The molecule has 20 heavy (non-hydrogen) atoms. The SMILES string of the molecule is COCc1cccc(-n2c(CCl)nc3cnccc32)c1. The summed E-state index contributed by atoms with van der Waals surface area (Å²) in [6, 6.07) is 10.1. The summed E-state index contributed by atoms with van der Waals surface area (Å²) in [5, 5.41) is 0. The van der Waals surface area contributed by atoms with Crippen LogP contribution >= 0.6 is 11.6 Å². The van der Waals surface area contributed by atoms with E-state index in [4.69, 9.17) is 16.3 Å². The van der Waals surface area contributed by atoms with E-state index in [1.165, 1.54) is 0 Å². The van der Waals surface area contributed by atoms with Gasteiger partial charge in [-0.05, 0) is 23.8 Å². The predicted molar refractivity (Wildman–Crippen MR) is 79.1 cm³/mol. The Hall–Kier alpha value is -1.91. The van der Waals surface area contributed by atoms with Crippen LogP contribution in [0.1, 0.15) is 11.4 Å². The number of hydrogen-bond donors (Lipinski definition) is 0. The number of fused-ring (bicyclic) bond motifs is 1. The summed E-state index contributed by atoms with van der Waals surface area (Å²) < 4.78 is 7.24. The van der Waals surface area contributed by atoms with E-state index in [1.807, 2.05) is 24.3 Å². The fourth-order valence-corrected chi connectivity index (χ4v) is 2.49. The van der Waals surface area contributed by atoms with E-state index in [9.17, 15) is 0 Å². The molecule has 3 rings (SSSR count). The lowest BCUT2D eigenvalue weighted by atomic mass is 10.2. The lowest BCUT2D eigenvalue weighted by Crippen LogP contribution is -2.00. The molecule has 1 aromatic carbocycles. The summed E-state index contributed by atoms with van der Waals surface area (Å²) in [7, 11) is 1.69. The summed E-state index contributed by atoms with van der Waals surface area (Å²) in [5.74, 6) is 1.16. The first-order valence-corrected chi connectivity index (χ1v) is 6.82. The maximum atomic E-state index is 6.03. The van der Waals surface area contributed by atoms with E-state index in [0.29, 0.717) is 12.5 Å². The Bertz CT molecular complexity index is 739. The second kappa shape index (κ2) is 5.61. The molecule has 0 saturated carbocycles. The predicted octanol–water partition coefficient (Wildman–Crippen LogP) is 3.31. The third-order valence-electron chi connectivity index (χ3n) is 3.13. The molecule has 3 aromatic rings. The van der Waals surface area contributed by atoms with Crippen molar-refractivity contribution < 1.29 is 4.74 Å². The van der Waals surface area contributed by atoms with Crippen molar-refractivity contribution in [2.75, 3.05) is 7.11 Å². The van der Waals surface area contributed by atoms with Crippen LogP contribution in [0, 0.1) is 0 Å².